The third-order valence-corrected chi connectivity index (χ3v) is 2.19. The molecule has 2 rings (SSSR count). The van der Waals surface area contributed by atoms with Gasteiger partial charge in [-0.3, -0.25) is 0 Å². The van der Waals surface area contributed by atoms with Crippen LogP contribution in [0.5, 0.6) is 0 Å². The monoisotopic (exact) mass is 285 g/mol. The molecule has 1 aromatic carbocycles. The molecule has 0 aliphatic carbocycles. The molecule has 2 nitrogen and oxygen atoms in total. The normalized spacial score (nSPS) is 9.62. The number of hydrogen-bond acceptors (Lipinski definition) is 2. The number of halogens is 2. The Kier molecular flexibility index (Phi) is 4.55. The summed E-state index contributed by atoms with van der Waals surface area (Å²) in [6.07, 6.45) is 1.62. The Morgan fingerprint density at radius 2 is 2.06 bits per heavy atom. The smallest absolute Gasteiger partial charge is 0.195 e. The van der Waals surface area contributed by atoms with Crippen molar-refractivity contribution in [1.82, 2.24) is 0 Å². The quantitative estimate of drug-likeness (QED) is 0.856. The molecule has 4 heteroatoms. The number of hydrogen-bond donors (Lipinski definition) is 0. The molecule has 0 amide bonds. The van der Waals surface area contributed by atoms with Crippen LogP contribution in [-0.4, -0.2) is 7.05 Å². The maximum atomic E-state index is 12.9. The van der Waals surface area contributed by atoms with Crippen LogP contribution >= 0.6 is 17.0 Å². The highest BCUT2D eigenvalue weighted by atomic mass is 79.9. The van der Waals surface area contributed by atoms with Gasteiger partial charge in [0.2, 0.25) is 0 Å². The van der Waals surface area contributed by atoms with Gasteiger partial charge in [-0.15, -0.1) is 17.0 Å². The summed E-state index contributed by atoms with van der Waals surface area (Å²) in [4.78, 5) is 1.93. The van der Waals surface area contributed by atoms with Crippen molar-refractivity contribution in [2.45, 2.75) is 6.54 Å². The highest BCUT2D eigenvalue weighted by Gasteiger charge is 2.04. The van der Waals surface area contributed by atoms with E-state index >= 15 is 0 Å². The lowest BCUT2D eigenvalue weighted by Crippen LogP contribution is -2.15. The Morgan fingerprint density at radius 3 is 2.69 bits per heavy atom. The van der Waals surface area contributed by atoms with Gasteiger partial charge in [-0.1, -0.05) is 12.1 Å². The highest BCUT2D eigenvalue weighted by molar-refractivity contribution is 8.93. The van der Waals surface area contributed by atoms with Gasteiger partial charge in [0.1, 0.15) is 5.82 Å². The first-order valence-electron chi connectivity index (χ1n) is 4.75. The lowest BCUT2D eigenvalue weighted by molar-refractivity contribution is 0.554. The minimum atomic E-state index is -0.208. The molecular weight excluding hydrogens is 273 g/mol. The van der Waals surface area contributed by atoms with Crippen LogP contribution in [-0.2, 0) is 6.54 Å². The highest BCUT2D eigenvalue weighted by Crippen LogP contribution is 2.15. The molecule has 0 fully saturated rings. The molecule has 86 valence electrons. The standard InChI is InChI=1S/C12H12FNO.BrH/c1-14(12-6-3-7-15-12)9-10-4-2-5-11(13)8-10;/h2-8H,9H2,1H3;1H. The molecule has 1 heterocycles. The topological polar surface area (TPSA) is 16.4 Å². The van der Waals surface area contributed by atoms with Crippen molar-refractivity contribution >= 4 is 22.9 Å². The summed E-state index contributed by atoms with van der Waals surface area (Å²) in [6.45, 7) is 0.630. The molecule has 16 heavy (non-hydrogen) atoms. The van der Waals surface area contributed by atoms with E-state index in [0.29, 0.717) is 6.54 Å². The molecule has 2 aromatic rings. The zero-order valence-corrected chi connectivity index (χ0v) is 10.6. The fraction of sp³-hybridized carbons (Fsp3) is 0.167. The molecule has 0 unspecified atom stereocenters. The predicted octanol–water partition coefficient (Wildman–Crippen LogP) is 3.63. The summed E-state index contributed by atoms with van der Waals surface area (Å²) in [5, 5.41) is 0. The summed E-state index contributed by atoms with van der Waals surface area (Å²) in [5.74, 6) is 0.569. The fourth-order valence-electron chi connectivity index (χ4n) is 1.47. The molecule has 0 spiro atoms. The third kappa shape index (κ3) is 3.10. The SMILES string of the molecule is Br.CN(Cc1cccc(F)c1)c1ccco1. The van der Waals surface area contributed by atoms with Crippen molar-refractivity contribution < 1.29 is 8.81 Å². The summed E-state index contributed by atoms with van der Waals surface area (Å²) in [6, 6.07) is 10.3. The first kappa shape index (κ1) is 12.8. The second kappa shape index (κ2) is 5.70. The Labute approximate surface area is 104 Å². The first-order chi connectivity index (χ1) is 7.25. The average molecular weight is 286 g/mol. The molecule has 1 aromatic heterocycles. The predicted molar refractivity (Wildman–Crippen MR) is 67.5 cm³/mol. The van der Waals surface area contributed by atoms with Crippen molar-refractivity contribution in [2.75, 3.05) is 11.9 Å². The van der Waals surface area contributed by atoms with Crippen LogP contribution in [0, 0.1) is 5.82 Å². The summed E-state index contributed by atoms with van der Waals surface area (Å²) < 4.78 is 18.1. The minimum absolute atomic E-state index is 0. The summed E-state index contributed by atoms with van der Waals surface area (Å²) >= 11 is 0. The largest absolute Gasteiger partial charge is 0.449 e. The maximum absolute atomic E-state index is 12.9. The number of furan rings is 1. The molecule has 0 N–H and O–H groups in total. The van der Waals surface area contributed by atoms with E-state index in [4.69, 9.17) is 4.42 Å². The van der Waals surface area contributed by atoms with Gasteiger partial charge in [0.25, 0.3) is 0 Å². The van der Waals surface area contributed by atoms with Crippen LogP contribution in [0.1, 0.15) is 5.56 Å². The van der Waals surface area contributed by atoms with Crippen LogP contribution in [0.4, 0.5) is 10.3 Å². The van der Waals surface area contributed by atoms with Gasteiger partial charge in [-0.25, -0.2) is 4.39 Å². The zero-order valence-electron chi connectivity index (χ0n) is 8.89. The van der Waals surface area contributed by atoms with E-state index in [-0.39, 0.29) is 22.8 Å². The fourth-order valence-corrected chi connectivity index (χ4v) is 1.47. The number of rotatable bonds is 3. The Bertz CT molecular complexity index is 430. The van der Waals surface area contributed by atoms with E-state index in [0.717, 1.165) is 11.4 Å². The molecule has 0 bridgehead atoms. The van der Waals surface area contributed by atoms with Crippen LogP contribution in [0.3, 0.4) is 0 Å². The van der Waals surface area contributed by atoms with Crippen LogP contribution < -0.4 is 4.90 Å². The Morgan fingerprint density at radius 1 is 1.25 bits per heavy atom. The van der Waals surface area contributed by atoms with Gasteiger partial charge in [0.15, 0.2) is 5.88 Å². The van der Waals surface area contributed by atoms with Gasteiger partial charge in [0.05, 0.1) is 6.26 Å². The van der Waals surface area contributed by atoms with E-state index in [1.54, 1.807) is 12.3 Å². The summed E-state index contributed by atoms with van der Waals surface area (Å²) in [5.41, 5.74) is 0.925. The van der Waals surface area contributed by atoms with Crippen LogP contribution in [0.15, 0.2) is 47.1 Å². The molecule has 0 saturated carbocycles. The molecular formula is C12H13BrFNO. The van der Waals surface area contributed by atoms with Crippen molar-refractivity contribution in [3.63, 3.8) is 0 Å². The molecule has 0 aliphatic heterocycles. The number of anilines is 1. The van der Waals surface area contributed by atoms with Crippen molar-refractivity contribution in [1.29, 1.82) is 0 Å². The molecule has 0 saturated heterocycles. The molecule has 0 radical (unpaired) electrons. The third-order valence-electron chi connectivity index (χ3n) is 2.19. The Hall–Kier alpha value is -1.29. The van der Waals surface area contributed by atoms with Gasteiger partial charge in [0, 0.05) is 19.7 Å². The van der Waals surface area contributed by atoms with Gasteiger partial charge in [-0.2, -0.15) is 0 Å². The lowest BCUT2D eigenvalue weighted by atomic mass is 10.2. The zero-order chi connectivity index (χ0) is 10.7. The second-order valence-electron chi connectivity index (χ2n) is 3.44. The van der Waals surface area contributed by atoms with Crippen LogP contribution in [0.25, 0.3) is 0 Å². The van der Waals surface area contributed by atoms with E-state index < -0.39 is 0 Å². The maximum Gasteiger partial charge on any atom is 0.195 e. The van der Waals surface area contributed by atoms with Gasteiger partial charge >= 0.3 is 0 Å². The number of nitrogens with zero attached hydrogens (tertiary/aromatic N) is 1. The number of benzene rings is 1. The Balaban J connectivity index is 0.00000128. The second-order valence-corrected chi connectivity index (χ2v) is 3.44. The minimum Gasteiger partial charge on any atom is -0.449 e. The summed E-state index contributed by atoms with van der Waals surface area (Å²) in [7, 11) is 1.91. The van der Waals surface area contributed by atoms with E-state index in [1.165, 1.54) is 12.1 Å². The molecule has 0 atom stereocenters. The van der Waals surface area contributed by atoms with Crippen LogP contribution in [0.2, 0.25) is 0 Å². The van der Waals surface area contributed by atoms with Gasteiger partial charge in [-0.05, 0) is 23.8 Å². The molecule has 0 aliphatic rings. The van der Waals surface area contributed by atoms with E-state index in [9.17, 15) is 4.39 Å². The van der Waals surface area contributed by atoms with E-state index in [1.807, 2.05) is 30.1 Å². The lowest BCUT2D eigenvalue weighted by Gasteiger charge is -2.15. The van der Waals surface area contributed by atoms with Gasteiger partial charge < -0.3 is 9.32 Å². The van der Waals surface area contributed by atoms with Crippen molar-refractivity contribution in [3.8, 4) is 0 Å². The van der Waals surface area contributed by atoms with Crippen molar-refractivity contribution in [2.24, 2.45) is 0 Å². The van der Waals surface area contributed by atoms with Crippen molar-refractivity contribution in [3.05, 3.63) is 54.0 Å². The first-order valence-corrected chi connectivity index (χ1v) is 4.75. The van der Waals surface area contributed by atoms with E-state index in [2.05, 4.69) is 0 Å². The average Bonchev–Trinajstić information content (AvgIpc) is 2.70.